The van der Waals surface area contributed by atoms with E-state index < -0.39 is 0 Å². The van der Waals surface area contributed by atoms with Crippen LogP contribution < -0.4 is 0 Å². The van der Waals surface area contributed by atoms with Crippen LogP contribution in [0, 0.1) is 0 Å². The highest BCUT2D eigenvalue weighted by atomic mass is 16.3. The van der Waals surface area contributed by atoms with Gasteiger partial charge in [0.1, 0.15) is 11.5 Å². The highest BCUT2D eigenvalue weighted by Gasteiger charge is 2.10. The van der Waals surface area contributed by atoms with Gasteiger partial charge in [0.15, 0.2) is 0 Å². The number of benzene rings is 2. The lowest BCUT2D eigenvalue weighted by atomic mass is 10.1. The summed E-state index contributed by atoms with van der Waals surface area (Å²) >= 11 is 0. The molecule has 0 radical (unpaired) electrons. The van der Waals surface area contributed by atoms with Crippen LogP contribution in [0.5, 0.6) is 11.5 Å². The van der Waals surface area contributed by atoms with Crippen LogP contribution in [0.4, 0.5) is 0 Å². The van der Waals surface area contributed by atoms with Gasteiger partial charge in [-0.25, -0.2) is 0 Å². The molecule has 0 fully saturated rings. The Hall–Kier alpha value is -2.42. The Labute approximate surface area is 117 Å². The molecule has 1 aromatic heterocycles. The van der Waals surface area contributed by atoms with Crippen molar-refractivity contribution in [3.63, 3.8) is 0 Å². The average Bonchev–Trinajstić information content (AvgIpc) is 2.79. The van der Waals surface area contributed by atoms with Crippen molar-refractivity contribution < 1.29 is 10.2 Å². The Morgan fingerprint density at radius 3 is 2.30 bits per heavy atom. The molecule has 0 bridgehead atoms. The van der Waals surface area contributed by atoms with Gasteiger partial charge in [-0.15, -0.1) is 0 Å². The van der Waals surface area contributed by atoms with Crippen LogP contribution in [0.2, 0.25) is 0 Å². The molecule has 3 heteroatoms. The van der Waals surface area contributed by atoms with Gasteiger partial charge in [0.25, 0.3) is 0 Å². The molecule has 3 aromatic rings. The van der Waals surface area contributed by atoms with Crippen LogP contribution in [-0.4, -0.2) is 14.8 Å². The third-order valence-electron chi connectivity index (χ3n) is 3.50. The standard InChI is InChI=1S/C17H17NO2/c1-2-9-18-16(12-3-6-14(19)7-4-12)10-13-5-8-15(20)11-17(13)18/h3-8,10-11,19-20H,2,9H2,1H3. The third kappa shape index (κ3) is 2.11. The molecule has 0 saturated heterocycles. The summed E-state index contributed by atoms with van der Waals surface area (Å²) in [5.74, 6) is 0.551. The van der Waals surface area contributed by atoms with Gasteiger partial charge >= 0.3 is 0 Å². The molecule has 0 spiro atoms. The summed E-state index contributed by atoms with van der Waals surface area (Å²) < 4.78 is 2.21. The molecule has 20 heavy (non-hydrogen) atoms. The predicted octanol–water partition coefficient (Wildman–Crippen LogP) is 4.13. The maximum atomic E-state index is 9.69. The number of hydrogen-bond donors (Lipinski definition) is 2. The second kappa shape index (κ2) is 4.93. The van der Waals surface area contributed by atoms with Gasteiger partial charge in [0.2, 0.25) is 0 Å². The van der Waals surface area contributed by atoms with Crippen molar-refractivity contribution in [1.29, 1.82) is 0 Å². The number of phenols is 2. The van der Waals surface area contributed by atoms with E-state index in [1.54, 1.807) is 24.3 Å². The van der Waals surface area contributed by atoms with E-state index in [9.17, 15) is 10.2 Å². The van der Waals surface area contributed by atoms with Crippen LogP contribution >= 0.6 is 0 Å². The summed E-state index contributed by atoms with van der Waals surface area (Å²) in [5, 5.41) is 20.2. The molecular formula is C17H17NO2. The van der Waals surface area contributed by atoms with Gasteiger partial charge in [-0.05, 0) is 54.4 Å². The lowest BCUT2D eigenvalue weighted by Gasteiger charge is -2.10. The van der Waals surface area contributed by atoms with E-state index in [-0.39, 0.29) is 11.5 Å². The van der Waals surface area contributed by atoms with Crippen molar-refractivity contribution in [2.75, 3.05) is 0 Å². The number of fused-ring (bicyclic) bond motifs is 1. The van der Waals surface area contributed by atoms with Crippen molar-refractivity contribution in [3.8, 4) is 22.8 Å². The van der Waals surface area contributed by atoms with Gasteiger partial charge < -0.3 is 14.8 Å². The Bertz CT molecular complexity index is 742. The fourth-order valence-electron chi connectivity index (χ4n) is 2.58. The molecule has 0 unspecified atom stereocenters. The summed E-state index contributed by atoms with van der Waals surface area (Å²) in [6.07, 6.45) is 1.02. The van der Waals surface area contributed by atoms with Crippen molar-refractivity contribution in [2.24, 2.45) is 0 Å². The zero-order valence-electron chi connectivity index (χ0n) is 11.4. The quantitative estimate of drug-likeness (QED) is 0.749. The molecule has 102 valence electrons. The van der Waals surface area contributed by atoms with Crippen LogP contribution in [-0.2, 0) is 6.54 Å². The van der Waals surface area contributed by atoms with Crippen molar-refractivity contribution >= 4 is 10.9 Å². The molecule has 1 heterocycles. The normalized spacial score (nSPS) is 11.1. The fraction of sp³-hybridized carbons (Fsp3) is 0.176. The Balaban J connectivity index is 2.23. The minimum absolute atomic E-state index is 0.268. The first kappa shape index (κ1) is 12.6. The van der Waals surface area contributed by atoms with E-state index in [4.69, 9.17) is 0 Å². The average molecular weight is 267 g/mol. The number of nitrogens with zero attached hydrogens (tertiary/aromatic N) is 1. The fourth-order valence-corrected chi connectivity index (χ4v) is 2.58. The van der Waals surface area contributed by atoms with E-state index in [0.29, 0.717) is 0 Å². The number of rotatable bonds is 3. The van der Waals surface area contributed by atoms with E-state index in [1.807, 2.05) is 18.2 Å². The Kier molecular flexibility index (Phi) is 3.11. The minimum atomic E-state index is 0.268. The van der Waals surface area contributed by atoms with Gasteiger partial charge in [-0.1, -0.05) is 6.92 Å². The molecule has 3 rings (SSSR count). The smallest absolute Gasteiger partial charge is 0.117 e. The maximum absolute atomic E-state index is 9.69. The van der Waals surface area contributed by atoms with E-state index in [0.717, 1.165) is 35.1 Å². The highest BCUT2D eigenvalue weighted by molar-refractivity contribution is 5.88. The molecule has 2 N–H and O–H groups in total. The monoisotopic (exact) mass is 267 g/mol. The first-order valence-corrected chi connectivity index (χ1v) is 6.80. The highest BCUT2D eigenvalue weighted by Crippen LogP contribution is 2.31. The predicted molar refractivity (Wildman–Crippen MR) is 81.0 cm³/mol. The van der Waals surface area contributed by atoms with E-state index in [2.05, 4.69) is 17.6 Å². The van der Waals surface area contributed by atoms with Gasteiger partial charge in [-0.3, -0.25) is 0 Å². The summed E-state index contributed by atoms with van der Waals surface area (Å²) in [6.45, 7) is 3.03. The van der Waals surface area contributed by atoms with Crippen molar-refractivity contribution in [1.82, 2.24) is 4.57 Å². The number of hydrogen-bond acceptors (Lipinski definition) is 2. The molecule has 0 aliphatic heterocycles. The zero-order chi connectivity index (χ0) is 14.1. The molecule has 0 amide bonds. The summed E-state index contributed by atoms with van der Waals surface area (Å²) in [6, 6.07) is 14.8. The zero-order valence-corrected chi connectivity index (χ0v) is 11.4. The second-order valence-electron chi connectivity index (χ2n) is 4.97. The summed E-state index contributed by atoms with van der Waals surface area (Å²) in [7, 11) is 0. The van der Waals surface area contributed by atoms with Gasteiger partial charge in [0, 0.05) is 23.7 Å². The topological polar surface area (TPSA) is 45.4 Å². The first-order chi connectivity index (χ1) is 9.69. The summed E-state index contributed by atoms with van der Waals surface area (Å²) in [5.41, 5.74) is 3.20. The second-order valence-corrected chi connectivity index (χ2v) is 4.97. The van der Waals surface area contributed by atoms with Gasteiger partial charge in [-0.2, -0.15) is 0 Å². The molecule has 3 nitrogen and oxygen atoms in total. The van der Waals surface area contributed by atoms with E-state index >= 15 is 0 Å². The van der Waals surface area contributed by atoms with Crippen molar-refractivity contribution in [2.45, 2.75) is 19.9 Å². The molecule has 0 aliphatic carbocycles. The minimum Gasteiger partial charge on any atom is -0.508 e. The largest absolute Gasteiger partial charge is 0.508 e. The van der Waals surface area contributed by atoms with Crippen molar-refractivity contribution in [3.05, 3.63) is 48.5 Å². The van der Waals surface area contributed by atoms with Crippen LogP contribution in [0.3, 0.4) is 0 Å². The molecule has 2 aromatic carbocycles. The first-order valence-electron chi connectivity index (χ1n) is 6.80. The van der Waals surface area contributed by atoms with Crippen LogP contribution in [0.1, 0.15) is 13.3 Å². The molecule has 0 aliphatic rings. The number of aromatic nitrogens is 1. The maximum Gasteiger partial charge on any atom is 0.117 e. The molecular weight excluding hydrogens is 250 g/mol. The SMILES string of the molecule is CCCn1c(-c2ccc(O)cc2)cc2ccc(O)cc21. The van der Waals surface area contributed by atoms with Gasteiger partial charge in [0.05, 0.1) is 5.52 Å². The third-order valence-corrected chi connectivity index (χ3v) is 3.50. The molecule has 0 atom stereocenters. The van der Waals surface area contributed by atoms with Crippen LogP contribution in [0.25, 0.3) is 22.2 Å². The number of aryl methyl sites for hydroxylation is 1. The summed E-state index contributed by atoms with van der Waals surface area (Å²) in [4.78, 5) is 0. The number of phenolic OH excluding ortho intramolecular Hbond substituents is 2. The Morgan fingerprint density at radius 2 is 1.60 bits per heavy atom. The van der Waals surface area contributed by atoms with E-state index in [1.165, 1.54) is 0 Å². The number of aromatic hydroxyl groups is 2. The lowest BCUT2D eigenvalue weighted by Crippen LogP contribution is -1.98. The lowest BCUT2D eigenvalue weighted by molar-refractivity contribution is 0.475. The van der Waals surface area contributed by atoms with Crippen LogP contribution in [0.15, 0.2) is 48.5 Å². The Morgan fingerprint density at radius 1 is 0.900 bits per heavy atom. The molecule has 0 saturated carbocycles.